The normalized spacial score (nSPS) is 23.6. The highest BCUT2D eigenvalue weighted by Gasteiger charge is 2.41. The second kappa shape index (κ2) is 5.07. The molecule has 0 saturated carbocycles. The zero-order valence-corrected chi connectivity index (χ0v) is 13.2. The molecule has 1 aromatic carbocycles. The van der Waals surface area contributed by atoms with Crippen LogP contribution in [-0.2, 0) is 6.42 Å². The highest BCUT2D eigenvalue weighted by atomic mass is 16.7. The van der Waals surface area contributed by atoms with Crippen LogP contribution in [0.25, 0.3) is 0 Å². The van der Waals surface area contributed by atoms with E-state index < -0.39 is 0 Å². The first-order valence-corrected chi connectivity index (χ1v) is 7.44. The van der Waals surface area contributed by atoms with Crippen LogP contribution in [0.2, 0.25) is 0 Å². The summed E-state index contributed by atoms with van der Waals surface area (Å²) in [6.45, 7) is 3.12. The molecule has 116 valence electrons. The van der Waals surface area contributed by atoms with Crippen molar-refractivity contribution in [3.8, 4) is 17.2 Å². The summed E-state index contributed by atoms with van der Waals surface area (Å²) in [5.74, 6) is 2.25. The average Bonchev–Trinajstić information content (AvgIpc) is 2.87. The standard InChI is InChI=1S/C16H24NO4/c1-10(18)7-12-14-11(5-6-17(12,2)3)8-13-15(16(14)19-4)21-9-20-13/h8,10,12,18H,5-7,9H2,1-4H3/q+1/t10-,12+/m0/s1. The molecule has 0 unspecified atom stereocenters. The topological polar surface area (TPSA) is 47.9 Å². The van der Waals surface area contributed by atoms with Gasteiger partial charge in [0, 0.05) is 12.8 Å². The van der Waals surface area contributed by atoms with Crippen LogP contribution >= 0.6 is 0 Å². The van der Waals surface area contributed by atoms with Crippen molar-refractivity contribution in [1.82, 2.24) is 0 Å². The van der Waals surface area contributed by atoms with Gasteiger partial charge in [0.2, 0.25) is 12.5 Å². The Morgan fingerprint density at radius 2 is 2.19 bits per heavy atom. The Morgan fingerprint density at radius 3 is 2.86 bits per heavy atom. The first kappa shape index (κ1) is 14.5. The third-order valence-electron chi connectivity index (χ3n) is 4.65. The molecule has 1 aromatic rings. The molecule has 0 spiro atoms. The summed E-state index contributed by atoms with van der Waals surface area (Å²) in [6, 6.07) is 2.27. The fourth-order valence-corrected chi connectivity index (χ4v) is 3.49. The van der Waals surface area contributed by atoms with Crippen molar-refractivity contribution in [2.24, 2.45) is 0 Å². The number of quaternary nitrogens is 1. The van der Waals surface area contributed by atoms with Gasteiger partial charge >= 0.3 is 0 Å². The molecule has 0 amide bonds. The van der Waals surface area contributed by atoms with E-state index in [1.54, 1.807) is 7.11 Å². The SMILES string of the molecule is COc1c2c(cc3c1[C@@H](C[C@H](C)O)[N+](C)(C)CC3)OCO2. The molecule has 5 nitrogen and oxygen atoms in total. The van der Waals surface area contributed by atoms with Gasteiger partial charge in [0.25, 0.3) is 0 Å². The predicted molar refractivity (Wildman–Crippen MR) is 78.8 cm³/mol. The van der Waals surface area contributed by atoms with E-state index in [0.29, 0.717) is 12.2 Å². The van der Waals surface area contributed by atoms with Crippen LogP contribution in [0.4, 0.5) is 0 Å². The lowest BCUT2D eigenvalue weighted by Gasteiger charge is -2.43. The van der Waals surface area contributed by atoms with E-state index in [0.717, 1.165) is 28.9 Å². The number of hydrogen-bond donors (Lipinski definition) is 1. The summed E-state index contributed by atoms with van der Waals surface area (Å²) >= 11 is 0. The van der Waals surface area contributed by atoms with Crippen LogP contribution in [0, 0.1) is 0 Å². The van der Waals surface area contributed by atoms with E-state index in [9.17, 15) is 5.11 Å². The van der Waals surface area contributed by atoms with Crippen LogP contribution in [0.3, 0.4) is 0 Å². The number of likely N-dealkylation sites (N-methyl/N-ethyl adjacent to an activating group) is 1. The van der Waals surface area contributed by atoms with Gasteiger partial charge in [-0.05, 0) is 18.6 Å². The largest absolute Gasteiger partial charge is 0.492 e. The van der Waals surface area contributed by atoms with E-state index in [-0.39, 0.29) is 18.9 Å². The predicted octanol–water partition coefficient (Wildman–Crippen LogP) is 1.87. The van der Waals surface area contributed by atoms with Crippen molar-refractivity contribution in [2.75, 3.05) is 34.5 Å². The molecule has 21 heavy (non-hydrogen) atoms. The maximum absolute atomic E-state index is 9.91. The number of ether oxygens (including phenoxy) is 3. The Labute approximate surface area is 125 Å². The zero-order valence-electron chi connectivity index (χ0n) is 13.2. The molecule has 2 aliphatic heterocycles. The second-order valence-electron chi connectivity index (χ2n) is 6.57. The molecule has 0 bridgehead atoms. The van der Waals surface area contributed by atoms with Gasteiger partial charge in [-0.15, -0.1) is 0 Å². The molecule has 2 aliphatic rings. The molecule has 0 radical (unpaired) electrons. The molecule has 3 rings (SSSR count). The van der Waals surface area contributed by atoms with Crippen LogP contribution < -0.4 is 14.2 Å². The number of aliphatic hydroxyl groups is 1. The van der Waals surface area contributed by atoms with Gasteiger partial charge in [0.15, 0.2) is 11.5 Å². The zero-order chi connectivity index (χ0) is 15.2. The Morgan fingerprint density at radius 1 is 1.43 bits per heavy atom. The van der Waals surface area contributed by atoms with Gasteiger partial charge in [-0.25, -0.2) is 0 Å². The quantitative estimate of drug-likeness (QED) is 0.865. The summed E-state index contributed by atoms with van der Waals surface area (Å²) in [4.78, 5) is 0. The van der Waals surface area contributed by atoms with E-state index in [1.165, 1.54) is 11.1 Å². The first-order chi connectivity index (χ1) is 9.94. The highest BCUT2D eigenvalue weighted by molar-refractivity contribution is 5.61. The monoisotopic (exact) mass is 294 g/mol. The van der Waals surface area contributed by atoms with Gasteiger partial charge in [-0.1, -0.05) is 0 Å². The summed E-state index contributed by atoms with van der Waals surface area (Å²) in [5, 5.41) is 9.91. The van der Waals surface area contributed by atoms with E-state index in [2.05, 4.69) is 20.2 Å². The van der Waals surface area contributed by atoms with Crippen molar-refractivity contribution in [2.45, 2.75) is 31.9 Å². The minimum atomic E-state index is -0.353. The van der Waals surface area contributed by atoms with Crippen LogP contribution in [0.15, 0.2) is 6.07 Å². The second-order valence-corrected chi connectivity index (χ2v) is 6.57. The van der Waals surface area contributed by atoms with Gasteiger partial charge in [-0.3, -0.25) is 0 Å². The lowest BCUT2D eigenvalue weighted by Crippen LogP contribution is -2.48. The molecular formula is C16H24NO4+. The smallest absolute Gasteiger partial charge is 0.231 e. The van der Waals surface area contributed by atoms with Crippen molar-refractivity contribution in [3.63, 3.8) is 0 Å². The minimum absolute atomic E-state index is 0.193. The molecule has 0 aliphatic carbocycles. The van der Waals surface area contributed by atoms with E-state index in [1.807, 2.05) is 6.92 Å². The summed E-state index contributed by atoms with van der Waals surface area (Å²) in [6.07, 6.45) is 1.33. The number of rotatable bonds is 3. The highest BCUT2D eigenvalue weighted by Crippen LogP contribution is 2.51. The Hall–Kier alpha value is -1.46. The molecule has 5 heteroatoms. The minimum Gasteiger partial charge on any atom is -0.492 e. The van der Waals surface area contributed by atoms with E-state index in [4.69, 9.17) is 14.2 Å². The third kappa shape index (κ3) is 2.34. The Kier molecular flexibility index (Phi) is 3.50. The summed E-state index contributed by atoms with van der Waals surface area (Å²) in [7, 11) is 6.09. The number of nitrogens with zero attached hydrogens (tertiary/aromatic N) is 1. The number of aliphatic hydroxyl groups excluding tert-OH is 1. The summed E-state index contributed by atoms with van der Waals surface area (Å²) < 4.78 is 17.6. The van der Waals surface area contributed by atoms with Crippen molar-refractivity contribution in [1.29, 1.82) is 0 Å². The maximum Gasteiger partial charge on any atom is 0.231 e. The van der Waals surface area contributed by atoms with Crippen LogP contribution in [0.1, 0.15) is 30.5 Å². The van der Waals surface area contributed by atoms with Crippen molar-refractivity contribution in [3.05, 3.63) is 17.2 Å². The van der Waals surface area contributed by atoms with Gasteiger partial charge < -0.3 is 23.8 Å². The number of hydrogen-bond acceptors (Lipinski definition) is 4. The maximum atomic E-state index is 9.91. The number of benzene rings is 1. The van der Waals surface area contributed by atoms with Crippen LogP contribution in [-0.4, -0.2) is 50.2 Å². The lowest BCUT2D eigenvalue weighted by molar-refractivity contribution is -0.924. The first-order valence-electron chi connectivity index (χ1n) is 7.44. The number of fused-ring (bicyclic) bond motifs is 2. The molecule has 2 atom stereocenters. The average molecular weight is 294 g/mol. The van der Waals surface area contributed by atoms with Gasteiger partial charge in [-0.2, -0.15) is 0 Å². The molecule has 2 heterocycles. The van der Waals surface area contributed by atoms with Crippen molar-refractivity contribution < 1.29 is 23.8 Å². The lowest BCUT2D eigenvalue weighted by atomic mass is 9.86. The molecule has 0 saturated heterocycles. The van der Waals surface area contributed by atoms with Gasteiger partial charge in [0.05, 0.1) is 39.4 Å². The fraction of sp³-hybridized carbons (Fsp3) is 0.625. The molecular weight excluding hydrogens is 270 g/mol. The van der Waals surface area contributed by atoms with Crippen molar-refractivity contribution >= 4 is 0 Å². The molecule has 0 aromatic heterocycles. The molecule has 1 N–H and O–H groups in total. The molecule has 0 fully saturated rings. The number of methoxy groups -OCH3 is 1. The van der Waals surface area contributed by atoms with Gasteiger partial charge in [0.1, 0.15) is 6.04 Å². The Bertz CT molecular complexity index is 554. The Balaban J connectivity index is 2.16. The fourth-order valence-electron chi connectivity index (χ4n) is 3.49. The summed E-state index contributed by atoms with van der Waals surface area (Å²) in [5.41, 5.74) is 2.41. The van der Waals surface area contributed by atoms with E-state index >= 15 is 0 Å². The third-order valence-corrected chi connectivity index (χ3v) is 4.65. The van der Waals surface area contributed by atoms with Crippen LogP contribution in [0.5, 0.6) is 17.2 Å².